The van der Waals surface area contributed by atoms with Crippen LogP contribution in [0.15, 0.2) is 17.0 Å². The Bertz CT molecular complexity index is 366. The van der Waals surface area contributed by atoms with Crippen molar-refractivity contribution in [2.24, 2.45) is 5.73 Å². The molecule has 1 aromatic rings. The Morgan fingerprint density at radius 1 is 1.62 bits per heavy atom. The van der Waals surface area contributed by atoms with Gasteiger partial charge in [0.1, 0.15) is 12.1 Å². The summed E-state index contributed by atoms with van der Waals surface area (Å²) in [5.41, 5.74) is 5.37. The van der Waals surface area contributed by atoms with Crippen molar-refractivity contribution in [2.75, 3.05) is 11.4 Å². The van der Waals surface area contributed by atoms with Gasteiger partial charge >= 0.3 is 0 Å². The van der Waals surface area contributed by atoms with Crippen LogP contribution in [0, 0.1) is 5.41 Å². The molecule has 0 saturated carbocycles. The summed E-state index contributed by atoms with van der Waals surface area (Å²) < 4.78 is 0.854. The summed E-state index contributed by atoms with van der Waals surface area (Å²) in [4.78, 5) is 10.3. The molecule has 1 aromatic heterocycles. The summed E-state index contributed by atoms with van der Waals surface area (Å²) >= 11 is 3.42. The van der Waals surface area contributed by atoms with E-state index in [0.717, 1.165) is 10.3 Å². The van der Waals surface area contributed by atoms with Gasteiger partial charge in [-0.05, 0) is 29.8 Å². The quantitative estimate of drug-likeness (QED) is 0.639. The number of hydrogen-bond donors (Lipinski definition) is 2. The van der Waals surface area contributed by atoms with E-state index in [4.69, 9.17) is 11.1 Å². The lowest BCUT2D eigenvalue weighted by molar-refractivity contribution is 0.676. The van der Waals surface area contributed by atoms with Crippen molar-refractivity contribution in [3.8, 4) is 0 Å². The topological polar surface area (TPSA) is 78.9 Å². The summed E-state index contributed by atoms with van der Waals surface area (Å²) in [5, 5.41) is 7.25. The molecule has 1 rings (SSSR count). The van der Waals surface area contributed by atoms with Crippen LogP contribution in [0.3, 0.4) is 0 Å². The van der Waals surface area contributed by atoms with Crippen molar-refractivity contribution in [3.05, 3.63) is 17.0 Å². The van der Waals surface area contributed by atoms with E-state index in [1.165, 1.54) is 6.33 Å². The molecule has 0 aliphatic carbocycles. The summed E-state index contributed by atoms with van der Waals surface area (Å²) in [6.45, 7) is 4.84. The molecule has 0 unspecified atom stereocenters. The minimum Gasteiger partial charge on any atom is -0.388 e. The number of anilines is 1. The maximum absolute atomic E-state index is 7.25. The third kappa shape index (κ3) is 3.44. The average molecular weight is 286 g/mol. The number of nitrogens with one attached hydrogen (secondary N) is 1. The molecule has 0 atom stereocenters. The van der Waals surface area contributed by atoms with E-state index in [1.807, 2.05) is 0 Å². The zero-order valence-electron chi connectivity index (χ0n) is 9.44. The van der Waals surface area contributed by atoms with Crippen LogP contribution in [-0.2, 0) is 0 Å². The van der Waals surface area contributed by atoms with Crippen LogP contribution in [0.2, 0.25) is 0 Å². The first-order valence-electron chi connectivity index (χ1n) is 5.07. The maximum Gasteiger partial charge on any atom is 0.146 e. The molecule has 88 valence electrons. The van der Waals surface area contributed by atoms with E-state index in [9.17, 15) is 0 Å². The molecule has 0 amide bonds. The van der Waals surface area contributed by atoms with Gasteiger partial charge in [-0.2, -0.15) is 0 Å². The van der Waals surface area contributed by atoms with Crippen molar-refractivity contribution >= 4 is 27.6 Å². The Balaban J connectivity index is 2.85. The van der Waals surface area contributed by atoms with Gasteiger partial charge in [-0.25, -0.2) is 9.97 Å². The van der Waals surface area contributed by atoms with Gasteiger partial charge in [0.2, 0.25) is 0 Å². The molecule has 0 aliphatic rings. The highest BCUT2D eigenvalue weighted by Crippen LogP contribution is 2.23. The number of nitrogens with two attached hydrogens (primary N) is 1. The van der Waals surface area contributed by atoms with E-state index < -0.39 is 0 Å². The second-order valence-corrected chi connectivity index (χ2v) is 4.61. The van der Waals surface area contributed by atoms with Crippen molar-refractivity contribution in [3.63, 3.8) is 0 Å². The first-order valence-corrected chi connectivity index (χ1v) is 5.86. The van der Waals surface area contributed by atoms with Gasteiger partial charge in [-0.15, -0.1) is 0 Å². The molecule has 5 nitrogen and oxygen atoms in total. The van der Waals surface area contributed by atoms with Gasteiger partial charge in [0, 0.05) is 25.2 Å². The molecule has 1 heterocycles. The first kappa shape index (κ1) is 12.9. The predicted octanol–water partition coefficient (Wildman–Crippen LogP) is 1.78. The smallest absolute Gasteiger partial charge is 0.146 e. The maximum atomic E-state index is 7.25. The Kier molecular flexibility index (Phi) is 4.67. The fraction of sp³-hybridized carbons (Fsp3) is 0.500. The lowest BCUT2D eigenvalue weighted by Gasteiger charge is -2.28. The number of nitrogens with zero attached hydrogens (tertiary/aromatic N) is 3. The van der Waals surface area contributed by atoms with Crippen LogP contribution in [0.1, 0.15) is 20.3 Å². The van der Waals surface area contributed by atoms with E-state index in [1.54, 1.807) is 6.20 Å². The average Bonchev–Trinajstić information content (AvgIpc) is 2.20. The SMILES string of the molecule is CC(C)N(CCC(=N)N)c1ncncc1Br. The molecule has 0 aliphatic heterocycles. The molecule has 0 aromatic carbocycles. The fourth-order valence-electron chi connectivity index (χ4n) is 1.37. The molecule has 6 heteroatoms. The standard InChI is InChI=1S/C10H16BrN5/c1-7(2)16(4-3-9(12)13)10-8(11)5-14-6-15-10/h5-7H,3-4H2,1-2H3,(H3,12,13). The van der Waals surface area contributed by atoms with Crippen molar-refractivity contribution in [1.29, 1.82) is 5.41 Å². The number of hydrogen-bond acceptors (Lipinski definition) is 4. The molecule has 0 bridgehead atoms. The van der Waals surface area contributed by atoms with E-state index in [-0.39, 0.29) is 5.84 Å². The van der Waals surface area contributed by atoms with Gasteiger partial charge in [0.25, 0.3) is 0 Å². The van der Waals surface area contributed by atoms with Gasteiger partial charge < -0.3 is 10.6 Å². The zero-order valence-corrected chi connectivity index (χ0v) is 11.0. The second kappa shape index (κ2) is 5.79. The van der Waals surface area contributed by atoms with Crippen molar-refractivity contribution < 1.29 is 0 Å². The van der Waals surface area contributed by atoms with Crippen LogP contribution in [0.25, 0.3) is 0 Å². The highest BCUT2D eigenvalue weighted by molar-refractivity contribution is 9.10. The van der Waals surface area contributed by atoms with Gasteiger partial charge in [0.15, 0.2) is 0 Å². The predicted molar refractivity (Wildman–Crippen MR) is 68.7 cm³/mol. The Morgan fingerprint density at radius 2 is 2.31 bits per heavy atom. The highest BCUT2D eigenvalue weighted by atomic mass is 79.9. The van der Waals surface area contributed by atoms with Crippen molar-refractivity contribution in [1.82, 2.24) is 9.97 Å². The van der Waals surface area contributed by atoms with E-state index >= 15 is 0 Å². The number of halogens is 1. The lowest BCUT2D eigenvalue weighted by Crippen LogP contribution is -2.34. The third-order valence-electron chi connectivity index (χ3n) is 2.17. The summed E-state index contributed by atoms with van der Waals surface area (Å²) in [5.74, 6) is 1.03. The number of rotatable bonds is 5. The Labute approximate surface area is 104 Å². The van der Waals surface area contributed by atoms with Crippen molar-refractivity contribution in [2.45, 2.75) is 26.3 Å². The minimum atomic E-state index is 0.191. The molecule has 3 N–H and O–H groups in total. The monoisotopic (exact) mass is 285 g/mol. The van der Waals surface area contributed by atoms with Gasteiger partial charge in [-0.3, -0.25) is 5.41 Å². The fourth-order valence-corrected chi connectivity index (χ4v) is 1.82. The molecular weight excluding hydrogens is 270 g/mol. The van der Waals surface area contributed by atoms with E-state index in [0.29, 0.717) is 19.0 Å². The molecule has 16 heavy (non-hydrogen) atoms. The molecule has 0 saturated heterocycles. The number of amidine groups is 1. The molecule has 0 spiro atoms. The zero-order chi connectivity index (χ0) is 12.1. The Morgan fingerprint density at radius 3 is 2.81 bits per heavy atom. The summed E-state index contributed by atoms with van der Waals surface area (Å²) in [7, 11) is 0. The molecule has 0 fully saturated rings. The lowest BCUT2D eigenvalue weighted by atomic mass is 10.2. The summed E-state index contributed by atoms with van der Waals surface area (Å²) in [6.07, 6.45) is 3.77. The summed E-state index contributed by atoms with van der Waals surface area (Å²) in [6, 6.07) is 0.297. The largest absolute Gasteiger partial charge is 0.388 e. The highest BCUT2D eigenvalue weighted by Gasteiger charge is 2.14. The number of aromatic nitrogens is 2. The van der Waals surface area contributed by atoms with Gasteiger partial charge in [0.05, 0.1) is 10.3 Å². The van der Waals surface area contributed by atoms with Crippen LogP contribution >= 0.6 is 15.9 Å². The van der Waals surface area contributed by atoms with Gasteiger partial charge in [-0.1, -0.05) is 0 Å². The molecule has 0 radical (unpaired) electrons. The van der Waals surface area contributed by atoms with Crippen LogP contribution < -0.4 is 10.6 Å². The van der Waals surface area contributed by atoms with Crippen LogP contribution in [0.4, 0.5) is 5.82 Å². The van der Waals surface area contributed by atoms with Crippen LogP contribution in [-0.4, -0.2) is 28.4 Å². The third-order valence-corrected chi connectivity index (χ3v) is 2.73. The minimum absolute atomic E-state index is 0.191. The Hall–Kier alpha value is -1.17. The molecular formula is C10H16BrN5. The first-order chi connectivity index (χ1) is 7.52. The van der Waals surface area contributed by atoms with Crippen LogP contribution in [0.5, 0.6) is 0 Å². The normalized spacial score (nSPS) is 10.5. The second-order valence-electron chi connectivity index (χ2n) is 3.76. The van der Waals surface area contributed by atoms with E-state index in [2.05, 4.69) is 44.6 Å².